The fourth-order valence-corrected chi connectivity index (χ4v) is 1.62. The van der Waals surface area contributed by atoms with Crippen LogP contribution in [0.4, 0.5) is 11.4 Å². The predicted octanol–water partition coefficient (Wildman–Crippen LogP) is 2.21. The number of anilines is 2. The van der Waals surface area contributed by atoms with Crippen molar-refractivity contribution in [3.63, 3.8) is 0 Å². The number of nitrogens with zero attached hydrogens (tertiary/aromatic N) is 2. The Labute approximate surface area is 98.0 Å². The molecule has 2 rings (SSSR count). The smallest absolute Gasteiger partial charge is 0.146 e. The second-order valence-electron chi connectivity index (χ2n) is 3.48. The molecule has 2 aromatic rings. The summed E-state index contributed by atoms with van der Waals surface area (Å²) in [7, 11) is 0. The Bertz CT molecular complexity index is 468. The summed E-state index contributed by atoms with van der Waals surface area (Å²) < 4.78 is 0. The molecule has 0 aliphatic heterocycles. The summed E-state index contributed by atoms with van der Waals surface area (Å²) in [5.74, 6) is 0.757. The van der Waals surface area contributed by atoms with Crippen molar-refractivity contribution in [3.05, 3.63) is 35.4 Å². The van der Waals surface area contributed by atoms with Crippen LogP contribution < -0.4 is 11.1 Å². The summed E-state index contributed by atoms with van der Waals surface area (Å²) in [6.45, 7) is 1.97. The molecule has 0 fully saturated rings. The molecular formula is C10H12ClN5. The maximum absolute atomic E-state index is 6.05. The average molecular weight is 238 g/mol. The maximum atomic E-state index is 6.05. The van der Waals surface area contributed by atoms with Gasteiger partial charge in [-0.25, -0.2) is 4.98 Å². The van der Waals surface area contributed by atoms with E-state index in [1.165, 1.54) is 6.33 Å². The molecule has 6 heteroatoms. The summed E-state index contributed by atoms with van der Waals surface area (Å²) in [5, 5.41) is 10.4. The van der Waals surface area contributed by atoms with E-state index in [4.69, 9.17) is 17.3 Å². The van der Waals surface area contributed by atoms with Crippen LogP contribution in [0.3, 0.4) is 0 Å². The van der Waals surface area contributed by atoms with Crippen molar-refractivity contribution in [1.82, 2.24) is 15.2 Å². The van der Waals surface area contributed by atoms with Crippen LogP contribution >= 0.6 is 11.6 Å². The van der Waals surface area contributed by atoms with Crippen molar-refractivity contribution < 1.29 is 0 Å². The highest BCUT2D eigenvalue weighted by atomic mass is 35.5. The molecule has 0 aliphatic carbocycles. The van der Waals surface area contributed by atoms with Crippen LogP contribution in [0, 0.1) is 0 Å². The third kappa shape index (κ3) is 2.25. The van der Waals surface area contributed by atoms with E-state index in [0.717, 1.165) is 11.5 Å². The number of benzene rings is 1. The lowest BCUT2D eigenvalue weighted by Crippen LogP contribution is -2.08. The van der Waals surface area contributed by atoms with Gasteiger partial charge in [-0.3, -0.25) is 5.10 Å². The Morgan fingerprint density at radius 1 is 1.50 bits per heavy atom. The topological polar surface area (TPSA) is 79.6 Å². The molecule has 0 saturated heterocycles. The minimum absolute atomic E-state index is 0.00336. The molecule has 1 aromatic carbocycles. The van der Waals surface area contributed by atoms with Gasteiger partial charge in [0.05, 0.1) is 16.8 Å². The fraction of sp³-hybridized carbons (Fsp3) is 0.200. The van der Waals surface area contributed by atoms with Crippen molar-refractivity contribution in [2.24, 2.45) is 0 Å². The first-order chi connectivity index (χ1) is 7.66. The average Bonchev–Trinajstić information content (AvgIpc) is 2.75. The van der Waals surface area contributed by atoms with Gasteiger partial charge in [0.1, 0.15) is 12.2 Å². The lowest BCUT2D eigenvalue weighted by molar-refractivity contribution is 0.796. The van der Waals surface area contributed by atoms with Gasteiger partial charge >= 0.3 is 0 Å². The van der Waals surface area contributed by atoms with E-state index in [0.29, 0.717) is 10.7 Å². The molecule has 84 valence electrons. The molecule has 1 atom stereocenters. The van der Waals surface area contributed by atoms with Crippen molar-refractivity contribution >= 4 is 23.0 Å². The van der Waals surface area contributed by atoms with E-state index in [1.54, 1.807) is 12.1 Å². The molecule has 0 aliphatic rings. The van der Waals surface area contributed by atoms with Gasteiger partial charge in [0.2, 0.25) is 0 Å². The fourth-order valence-electron chi connectivity index (χ4n) is 1.37. The number of aromatic nitrogens is 3. The van der Waals surface area contributed by atoms with Crippen LogP contribution in [-0.2, 0) is 0 Å². The lowest BCUT2D eigenvalue weighted by Gasteiger charge is -2.14. The van der Waals surface area contributed by atoms with Gasteiger partial charge in [-0.05, 0) is 25.1 Å². The number of H-pyrrole nitrogens is 1. The normalized spacial score (nSPS) is 12.4. The number of nitrogens with two attached hydrogens (primary N) is 1. The predicted molar refractivity (Wildman–Crippen MR) is 64.3 cm³/mol. The second kappa shape index (κ2) is 4.40. The number of nitrogen functional groups attached to an aromatic ring is 1. The third-order valence-corrected chi connectivity index (χ3v) is 2.52. The monoisotopic (exact) mass is 237 g/mol. The number of halogens is 1. The number of nitrogens with one attached hydrogen (secondary N) is 2. The zero-order valence-corrected chi connectivity index (χ0v) is 9.49. The molecule has 1 unspecified atom stereocenters. The standard InChI is InChI=1S/C10H12ClN5/c1-6(10-13-5-14-16-10)15-9-3-2-7(12)4-8(9)11/h2-6,15H,12H2,1H3,(H,13,14,16). The Hall–Kier alpha value is -1.75. The molecule has 5 nitrogen and oxygen atoms in total. The number of aromatic amines is 1. The zero-order chi connectivity index (χ0) is 11.5. The minimum atomic E-state index is 0.00336. The van der Waals surface area contributed by atoms with Crippen LogP contribution in [0.5, 0.6) is 0 Å². The first kappa shape index (κ1) is 10.8. The Kier molecular flexibility index (Phi) is 2.96. The van der Waals surface area contributed by atoms with Gasteiger partial charge in [-0.2, -0.15) is 5.10 Å². The van der Waals surface area contributed by atoms with Gasteiger partial charge in [0.15, 0.2) is 0 Å². The summed E-state index contributed by atoms with van der Waals surface area (Å²) in [6.07, 6.45) is 1.47. The zero-order valence-electron chi connectivity index (χ0n) is 8.74. The van der Waals surface area contributed by atoms with Crippen LogP contribution in [0.2, 0.25) is 5.02 Å². The highest BCUT2D eigenvalue weighted by molar-refractivity contribution is 6.33. The molecular weight excluding hydrogens is 226 g/mol. The Balaban J connectivity index is 2.15. The quantitative estimate of drug-likeness (QED) is 0.715. The molecule has 0 amide bonds. The van der Waals surface area contributed by atoms with Crippen molar-refractivity contribution in [2.75, 3.05) is 11.1 Å². The summed E-state index contributed by atoms with van der Waals surface area (Å²) in [4.78, 5) is 4.06. The molecule has 1 aromatic heterocycles. The van der Waals surface area contributed by atoms with Crippen LogP contribution in [0.15, 0.2) is 24.5 Å². The van der Waals surface area contributed by atoms with Gasteiger partial charge in [0.25, 0.3) is 0 Å². The van der Waals surface area contributed by atoms with Crippen LogP contribution in [0.25, 0.3) is 0 Å². The van der Waals surface area contributed by atoms with E-state index in [9.17, 15) is 0 Å². The van der Waals surface area contributed by atoms with Crippen LogP contribution in [-0.4, -0.2) is 15.2 Å². The molecule has 0 radical (unpaired) electrons. The maximum Gasteiger partial charge on any atom is 0.146 e. The summed E-state index contributed by atoms with van der Waals surface area (Å²) in [6, 6.07) is 5.34. The Morgan fingerprint density at radius 2 is 2.31 bits per heavy atom. The van der Waals surface area contributed by atoms with Crippen LogP contribution in [0.1, 0.15) is 18.8 Å². The van der Waals surface area contributed by atoms with Gasteiger partial charge < -0.3 is 11.1 Å². The number of rotatable bonds is 3. The van der Waals surface area contributed by atoms with Crippen molar-refractivity contribution in [1.29, 1.82) is 0 Å². The molecule has 0 saturated carbocycles. The highest BCUT2D eigenvalue weighted by Gasteiger charge is 2.09. The van der Waals surface area contributed by atoms with Gasteiger partial charge in [0, 0.05) is 5.69 Å². The second-order valence-corrected chi connectivity index (χ2v) is 3.88. The van der Waals surface area contributed by atoms with Crippen molar-refractivity contribution in [2.45, 2.75) is 13.0 Å². The lowest BCUT2D eigenvalue weighted by atomic mass is 10.2. The molecule has 16 heavy (non-hydrogen) atoms. The SMILES string of the molecule is CC(Nc1ccc(N)cc1Cl)c1ncn[nH]1. The first-order valence-corrected chi connectivity index (χ1v) is 5.21. The molecule has 0 spiro atoms. The van der Waals surface area contributed by atoms with Gasteiger partial charge in [-0.15, -0.1) is 0 Å². The van der Waals surface area contributed by atoms with Crippen molar-refractivity contribution in [3.8, 4) is 0 Å². The highest BCUT2D eigenvalue weighted by Crippen LogP contribution is 2.26. The Morgan fingerprint density at radius 3 is 2.94 bits per heavy atom. The number of hydrogen-bond donors (Lipinski definition) is 3. The summed E-state index contributed by atoms with van der Waals surface area (Å²) in [5.41, 5.74) is 7.07. The third-order valence-electron chi connectivity index (χ3n) is 2.21. The summed E-state index contributed by atoms with van der Waals surface area (Å²) >= 11 is 6.05. The van der Waals surface area contributed by atoms with E-state index < -0.39 is 0 Å². The van der Waals surface area contributed by atoms with E-state index in [1.807, 2.05) is 13.0 Å². The van der Waals surface area contributed by atoms with Gasteiger partial charge in [-0.1, -0.05) is 11.6 Å². The largest absolute Gasteiger partial charge is 0.399 e. The van der Waals surface area contributed by atoms with E-state index in [2.05, 4.69) is 20.5 Å². The van der Waals surface area contributed by atoms with E-state index in [-0.39, 0.29) is 6.04 Å². The number of hydrogen-bond acceptors (Lipinski definition) is 4. The minimum Gasteiger partial charge on any atom is -0.399 e. The molecule has 0 bridgehead atoms. The first-order valence-electron chi connectivity index (χ1n) is 4.83. The molecule has 4 N–H and O–H groups in total. The van der Waals surface area contributed by atoms with E-state index >= 15 is 0 Å². The molecule has 1 heterocycles.